The Morgan fingerprint density at radius 2 is 1.07 bits per heavy atom. The van der Waals surface area contributed by atoms with Crippen molar-refractivity contribution in [2.75, 3.05) is 0 Å². The third kappa shape index (κ3) is 3.73. The summed E-state index contributed by atoms with van der Waals surface area (Å²) >= 11 is 36.7. The molecule has 0 radical (unpaired) electrons. The molecular formula is C18H7Cl6NO2. The number of carbonyl (C=O) groups is 1. The third-order valence-electron chi connectivity index (χ3n) is 3.81. The van der Waals surface area contributed by atoms with E-state index in [-0.39, 0.29) is 46.8 Å². The molecule has 0 amide bonds. The molecule has 9 heteroatoms. The molecule has 0 saturated heterocycles. The molecule has 0 saturated carbocycles. The number of carboxylic acid groups (broad SMARTS) is 1. The van der Waals surface area contributed by atoms with Gasteiger partial charge in [0, 0.05) is 34.6 Å². The number of carboxylic acids is 1. The van der Waals surface area contributed by atoms with E-state index in [1.807, 2.05) is 0 Å². The topological polar surface area (TPSA) is 50.2 Å². The fourth-order valence-corrected chi connectivity index (χ4v) is 3.84. The van der Waals surface area contributed by atoms with Gasteiger partial charge in [0.2, 0.25) is 0 Å². The zero-order chi connectivity index (χ0) is 19.9. The van der Waals surface area contributed by atoms with Crippen molar-refractivity contribution in [3.05, 3.63) is 72.4 Å². The SMILES string of the molecule is O=C(O)c1c(-c2ccc(Cl)c(Cl)c2Cl)cncc1-c1ccc(Cl)c(Cl)c1Cl. The quantitative estimate of drug-likeness (QED) is 0.385. The number of halogens is 6. The van der Waals surface area contributed by atoms with Crippen molar-refractivity contribution in [3.8, 4) is 22.3 Å². The molecule has 1 heterocycles. The molecule has 0 spiro atoms. The molecule has 0 aliphatic rings. The number of hydrogen-bond acceptors (Lipinski definition) is 2. The molecule has 3 nitrogen and oxygen atoms in total. The molecule has 138 valence electrons. The van der Waals surface area contributed by atoms with Crippen LogP contribution in [-0.4, -0.2) is 16.1 Å². The Bertz CT molecular complexity index is 1010. The van der Waals surface area contributed by atoms with Gasteiger partial charge >= 0.3 is 5.97 Å². The maximum Gasteiger partial charge on any atom is 0.337 e. The maximum atomic E-state index is 12.1. The third-order valence-corrected chi connectivity index (χ3v) is 6.40. The molecule has 0 aliphatic carbocycles. The second-order valence-electron chi connectivity index (χ2n) is 5.36. The Morgan fingerprint density at radius 1 is 0.667 bits per heavy atom. The van der Waals surface area contributed by atoms with Crippen molar-refractivity contribution >= 4 is 75.6 Å². The number of pyridine rings is 1. The summed E-state index contributed by atoms with van der Waals surface area (Å²) in [5.74, 6) is -1.20. The summed E-state index contributed by atoms with van der Waals surface area (Å²) in [6.45, 7) is 0. The van der Waals surface area contributed by atoms with Crippen LogP contribution in [0.5, 0.6) is 0 Å². The van der Waals surface area contributed by atoms with Crippen LogP contribution in [0.1, 0.15) is 10.4 Å². The first-order valence-corrected chi connectivity index (χ1v) is 9.49. The van der Waals surface area contributed by atoms with E-state index >= 15 is 0 Å². The highest BCUT2D eigenvalue weighted by Gasteiger charge is 2.23. The average Bonchev–Trinajstić information content (AvgIpc) is 2.64. The predicted molar refractivity (Wildman–Crippen MR) is 112 cm³/mol. The lowest BCUT2D eigenvalue weighted by atomic mass is 9.94. The van der Waals surface area contributed by atoms with Gasteiger partial charge in [-0.25, -0.2) is 4.79 Å². The van der Waals surface area contributed by atoms with Crippen LogP contribution in [0.4, 0.5) is 0 Å². The van der Waals surface area contributed by atoms with Crippen molar-refractivity contribution in [1.29, 1.82) is 0 Å². The van der Waals surface area contributed by atoms with E-state index in [0.29, 0.717) is 11.1 Å². The lowest BCUT2D eigenvalue weighted by Crippen LogP contribution is -2.04. The molecule has 3 rings (SSSR count). The minimum atomic E-state index is -1.20. The van der Waals surface area contributed by atoms with E-state index < -0.39 is 5.97 Å². The van der Waals surface area contributed by atoms with Gasteiger partial charge in [-0.05, 0) is 12.1 Å². The Morgan fingerprint density at radius 3 is 1.44 bits per heavy atom. The highest BCUT2D eigenvalue weighted by atomic mass is 35.5. The van der Waals surface area contributed by atoms with Crippen molar-refractivity contribution in [1.82, 2.24) is 4.98 Å². The predicted octanol–water partition coefficient (Wildman–Crippen LogP) is 8.03. The molecule has 1 N–H and O–H groups in total. The molecule has 2 aromatic carbocycles. The summed E-state index contributed by atoms with van der Waals surface area (Å²) in [6, 6.07) is 6.19. The fourth-order valence-electron chi connectivity index (χ4n) is 2.57. The largest absolute Gasteiger partial charge is 0.478 e. The van der Waals surface area contributed by atoms with Crippen molar-refractivity contribution < 1.29 is 9.90 Å². The second-order valence-corrected chi connectivity index (χ2v) is 7.69. The standard InChI is InChI=1S/C18H7Cl6NO2/c19-11-3-1-7(14(21)16(11)23)9-5-25-6-10(13(9)18(26)27)8-2-4-12(20)17(24)15(8)22/h1-6H,(H,26,27). The average molecular weight is 482 g/mol. The van der Waals surface area contributed by atoms with Crippen molar-refractivity contribution in [3.63, 3.8) is 0 Å². The molecule has 1 aromatic heterocycles. The minimum Gasteiger partial charge on any atom is -0.478 e. The lowest BCUT2D eigenvalue weighted by Gasteiger charge is -2.15. The first kappa shape index (κ1) is 20.5. The molecule has 0 atom stereocenters. The van der Waals surface area contributed by atoms with Crippen LogP contribution in [0.3, 0.4) is 0 Å². The van der Waals surface area contributed by atoms with Crippen LogP contribution >= 0.6 is 69.6 Å². The van der Waals surface area contributed by atoms with Crippen LogP contribution < -0.4 is 0 Å². The molecule has 3 aromatic rings. The van der Waals surface area contributed by atoms with Crippen LogP contribution in [-0.2, 0) is 0 Å². The summed E-state index contributed by atoms with van der Waals surface area (Å²) in [4.78, 5) is 16.2. The summed E-state index contributed by atoms with van der Waals surface area (Å²) < 4.78 is 0. The zero-order valence-electron chi connectivity index (χ0n) is 13.0. The molecular weight excluding hydrogens is 475 g/mol. The van der Waals surface area contributed by atoms with Crippen LogP contribution in [0.2, 0.25) is 30.1 Å². The Labute approximate surface area is 184 Å². The van der Waals surface area contributed by atoms with Gasteiger partial charge in [0.05, 0.1) is 35.7 Å². The number of benzene rings is 2. The minimum absolute atomic E-state index is 0.0643. The molecule has 0 aliphatic heterocycles. The van der Waals surface area contributed by atoms with Gasteiger partial charge in [0.1, 0.15) is 0 Å². The summed E-state index contributed by atoms with van der Waals surface area (Å²) in [7, 11) is 0. The summed E-state index contributed by atoms with van der Waals surface area (Å²) in [5.41, 5.74) is 1.19. The summed E-state index contributed by atoms with van der Waals surface area (Å²) in [5, 5.41) is 10.8. The van der Waals surface area contributed by atoms with Gasteiger partial charge in [0.25, 0.3) is 0 Å². The van der Waals surface area contributed by atoms with Gasteiger partial charge in [-0.1, -0.05) is 81.7 Å². The van der Waals surface area contributed by atoms with E-state index in [1.165, 1.54) is 24.5 Å². The Kier molecular flexibility index (Phi) is 6.11. The molecule has 27 heavy (non-hydrogen) atoms. The Hall–Kier alpha value is -1.20. The smallest absolute Gasteiger partial charge is 0.337 e. The van der Waals surface area contributed by atoms with Crippen molar-refractivity contribution in [2.24, 2.45) is 0 Å². The number of rotatable bonds is 3. The van der Waals surface area contributed by atoms with Gasteiger partial charge in [-0.2, -0.15) is 0 Å². The van der Waals surface area contributed by atoms with E-state index in [2.05, 4.69) is 4.98 Å². The molecule has 0 fully saturated rings. The monoisotopic (exact) mass is 479 g/mol. The van der Waals surface area contributed by atoms with E-state index in [9.17, 15) is 9.90 Å². The Balaban J connectivity index is 2.35. The molecule has 0 bridgehead atoms. The first-order chi connectivity index (χ1) is 12.7. The first-order valence-electron chi connectivity index (χ1n) is 7.23. The van der Waals surface area contributed by atoms with Gasteiger partial charge in [-0.15, -0.1) is 0 Å². The number of aromatic carboxylic acids is 1. The fraction of sp³-hybridized carbons (Fsp3) is 0. The van der Waals surface area contributed by atoms with E-state index in [0.717, 1.165) is 0 Å². The number of aromatic nitrogens is 1. The highest BCUT2D eigenvalue weighted by Crippen LogP contribution is 2.43. The van der Waals surface area contributed by atoms with Gasteiger partial charge in [-0.3, -0.25) is 4.98 Å². The number of hydrogen-bond donors (Lipinski definition) is 1. The van der Waals surface area contributed by atoms with E-state index in [1.54, 1.807) is 12.1 Å². The van der Waals surface area contributed by atoms with Gasteiger partial charge in [0.15, 0.2) is 0 Å². The van der Waals surface area contributed by atoms with Crippen molar-refractivity contribution in [2.45, 2.75) is 0 Å². The molecule has 0 unspecified atom stereocenters. The summed E-state index contributed by atoms with van der Waals surface area (Å²) in [6.07, 6.45) is 2.76. The number of nitrogens with zero attached hydrogens (tertiary/aromatic N) is 1. The normalized spacial score (nSPS) is 10.9. The highest BCUT2D eigenvalue weighted by molar-refractivity contribution is 6.50. The second kappa shape index (κ2) is 8.04. The van der Waals surface area contributed by atoms with Crippen LogP contribution in [0.15, 0.2) is 36.7 Å². The zero-order valence-corrected chi connectivity index (χ0v) is 17.6. The maximum absolute atomic E-state index is 12.1. The van der Waals surface area contributed by atoms with Gasteiger partial charge < -0.3 is 5.11 Å². The van der Waals surface area contributed by atoms with E-state index in [4.69, 9.17) is 69.6 Å². The lowest BCUT2D eigenvalue weighted by molar-refractivity contribution is 0.0698. The van der Waals surface area contributed by atoms with Crippen LogP contribution in [0.25, 0.3) is 22.3 Å². The van der Waals surface area contributed by atoms with Crippen LogP contribution in [0, 0.1) is 0 Å².